The summed E-state index contributed by atoms with van der Waals surface area (Å²) in [5.74, 6) is 0.587. The molecule has 2 heterocycles. The van der Waals surface area contributed by atoms with E-state index in [-0.39, 0.29) is 12.2 Å². The van der Waals surface area contributed by atoms with E-state index in [4.69, 9.17) is 25.8 Å². The number of allylic oxidation sites excluding steroid dienone is 1. The van der Waals surface area contributed by atoms with Gasteiger partial charge in [0, 0.05) is 5.02 Å². The number of hydrogen-bond acceptors (Lipinski definition) is 7. The van der Waals surface area contributed by atoms with Gasteiger partial charge in [0.1, 0.15) is 6.61 Å². The summed E-state index contributed by atoms with van der Waals surface area (Å²) >= 11 is 7.34. The zero-order chi connectivity index (χ0) is 25.1. The standard InChI is InChI=1S/C26H23ClN2O5S/c1-5-12-34-25(31)22-15(2)28-26-29(23(22)17-7-9-18(27)10-8-17)24(30)21(35-26)14-16-6-11-19(32-3)20(13-16)33-4/h5-11,13-14,23H,1,12H2,2-4H3. The van der Waals surface area contributed by atoms with Crippen LogP contribution in [0.4, 0.5) is 0 Å². The third-order valence-electron chi connectivity index (χ3n) is 5.46. The van der Waals surface area contributed by atoms with E-state index in [1.165, 1.54) is 22.0 Å². The normalized spacial score (nSPS) is 15.3. The van der Waals surface area contributed by atoms with Gasteiger partial charge in [-0.15, -0.1) is 0 Å². The Morgan fingerprint density at radius 3 is 2.54 bits per heavy atom. The van der Waals surface area contributed by atoms with Gasteiger partial charge in [-0.25, -0.2) is 9.79 Å². The highest BCUT2D eigenvalue weighted by atomic mass is 35.5. The molecule has 0 fully saturated rings. The van der Waals surface area contributed by atoms with Gasteiger partial charge in [-0.1, -0.05) is 53.8 Å². The van der Waals surface area contributed by atoms with Crippen LogP contribution in [0.2, 0.25) is 5.02 Å². The molecule has 0 aliphatic carbocycles. The number of benzene rings is 2. The van der Waals surface area contributed by atoms with Gasteiger partial charge in [-0.2, -0.15) is 0 Å². The molecule has 35 heavy (non-hydrogen) atoms. The Balaban J connectivity index is 1.91. The molecule has 180 valence electrons. The van der Waals surface area contributed by atoms with E-state index in [1.807, 2.05) is 6.07 Å². The fourth-order valence-corrected chi connectivity index (χ4v) is 5.02. The lowest BCUT2D eigenvalue weighted by Crippen LogP contribution is -2.39. The number of nitrogens with zero attached hydrogens (tertiary/aromatic N) is 2. The highest BCUT2D eigenvalue weighted by molar-refractivity contribution is 7.07. The van der Waals surface area contributed by atoms with Crippen molar-refractivity contribution in [2.45, 2.75) is 13.0 Å². The van der Waals surface area contributed by atoms with E-state index >= 15 is 0 Å². The lowest BCUT2D eigenvalue weighted by molar-refractivity contribution is -0.138. The van der Waals surface area contributed by atoms with Gasteiger partial charge in [0.15, 0.2) is 16.3 Å². The van der Waals surface area contributed by atoms with Crippen molar-refractivity contribution in [2.75, 3.05) is 20.8 Å². The SMILES string of the molecule is C=CCOC(=O)C1=C(C)N=c2sc(=Cc3ccc(OC)c(OC)c3)c(=O)n2C1c1ccc(Cl)cc1. The number of aromatic nitrogens is 1. The second-order valence-corrected chi connectivity index (χ2v) is 9.08. The fraction of sp³-hybridized carbons (Fsp3) is 0.192. The Bertz CT molecular complexity index is 1500. The van der Waals surface area contributed by atoms with Crippen LogP contribution >= 0.6 is 22.9 Å². The van der Waals surface area contributed by atoms with Gasteiger partial charge < -0.3 is 14.2 Å². The number of halogens is 1. The van der Waals surface area contributed by atoms with Gasteiger partial charge in [0.2, 0.25) is 0 Å². The lowest BCUT2D eigenvalue weighted by Gasteiger charge is -2.24. The Kier molecular flexibility index (Phi) is 7.23. The van der Waals surface area contributed by atoms with Crippen LogP contribution in [0.15, 0.2) is 76.2 Å². The van der Waals surface area contributed by atoms with E-state index < -0.39 is 12.0 Å². The molecule has 0 N–H and O–H groups in total. The summed E-state index contributed by atoms with van der Waals surface area (Å²) in [4.78, 5) is 31.7. The van der Waals surface area contributed by atoms with Crippen LogP contribution in [0.25, 0.3) is 6.08 Å². The third-order valence-corrected chi connectivity index (χ3v) is 6.70. The summed E-state index contributed by atoms with van der Waals surface area (Å²) in [6.07, 6.45) is 3.25. The van der Waals surface area contributed by atoms with Crippen molar-refractivity contribution in [2.24, 2.45) is 4.99 Å². The average molecular weight is 511 g/mol. The van der Waals surface area contributed by atoms with Gasteiger partial charge >= 0.3 is 5.97 Å². The summed E-state index contributed by atoms with van der Waals surface area (Å²) < 4.78 is 18.0. The molecule has 4 rings (SSSR count). The molecule has 0 amide bonds. The van der Waals surface area contributed by atoms with Crippen molar-refractivity contribution < 1.29 is 19.0 Å². The Hall–Kier alpha value is -3.62. The van der Waals surface area contributed by atoms with Crippen molar-refractivity contribution >= 4 is 35.0 Å². The smallest absolute Gasteiger partial charge is 0.338 e. The van der Waals surface area contributed by atoms with Gasteiger partial charge in [-0.05, 0) is 48.4 Å². The van der Waals surface area contributed by atoms with Crippen molar-refractivity contribution in [3.05, 3.63) is 102 Å². The minimum Gasteiger partial charge on any atom is -0.493 e. The highest BCUT2D eigenvalue weighted by Crippen LogP contribution is 2.31. The number of rotatable bonds is 7. The first kappa shape index (κ1) is 24.5. The molecular formula is C26H23ClN2O5S. The molecule has 1 unspecified atom stereocenters. The maximum absolute atomic E-state index is 13.6. The van der Waals surface area contributed by atoms with E-state index in [9.17, 15) is 9.59 Å². The molecule has 1 aliphatic heterocycles. The molecule has 0 saturated carbocycles. The van der Waals surface area contributed by atoms with Gasteiger partial charge in [0.25, 0.3) is 5.56 Å². The van der Waals surface area contributed by atoms with Crippen molar-refractivity contribution in [1.82, 2.24) is 4.57 Å². The highest BCUT2D eigenvalue weighted by Gasteiger charge is 2.33. The molecule has 0 spiro atoms. The van der Waals surface area contributed by atoms with E-state index in [1.54, 1.807) is 63.6 Å². The van der Waals surface area contributed by atoms with Crippen molar-refractivity contribution in [3.8, 4) is 11.5 Å². The van der Waals surface area contributed by atoms with E-state index in [0.717, 1.165) is 5.56 Å². The zero-order valence-corrected chi connectivity index (χ0v) is 21.0. The number of thiazole rings is 1. The average Bonchev–Trinajstić information content (AvgIpc) is 3.16. The number of hydrogen-bond donors (Lipinski definition) is 0. The molecule has 0 saturated heterocycles. The number of carbonyl (C=O) groups excluding carboxylic acids is 1. The fourth-order valence-electron chi connectivity index (χ4n) is 3.85. The van der Waals surface area contributed by atoms with Crippen molar-refractivity contribution in [1.29, 1.82) is 0 Å². The zero-order valence-electron chi connectivity index (χ0n) is 19.4. The molecule has 9 heteroatoms. The predicted octanol–water partition coefficient (Wildman–Crippen LogP) is 3.64. The maximum atomic E-state index is 13.6. The first-order chi connectivity index (χ1) is 16.9. The topological polar surface area (TPSA) is 79.1 Å². The predicted molar refractivity (Wildman–Crippen MR) is 136 cm³/mol. The molecule has 1 aliphatic rings. The first-order valence-electron chi connectivity index (χ1n) is 10.7. The van der Waals surface area contributed by atoms with Crippen LogP contribution < -0.4 is 24.4 Å². The van der Waals surface area contributed by atoms with Crippen LogP contribution in [-0.4, -0.2) is 31.4 Å². The van der Waals surface area contributed by atoms with Gasteiger partial charge in [-0.3, -0.25) is 9.36 Å². The summed E-state index contributed by atoms with van der Waals surface area (Å²) in [6.45, 7) is 5.38. The Morgan fingerprint density at radius 2 is 1.89 bits per heavy atom. The summed E-state index contributed by atoms with van der Waals surface area (Å²) in [5, 5.41) is 0.547. The van der Waals surface area contributed by atoms with E-state index in [0.29, 0.717) is 42.7 Å². The second-order valence-electron chi connectivity index (χ2n) is 7.63. The molecule has 2 aromatic carbocycles. The second kappa shape index (κ2) is 10.3. The Labute approximate surface area is 210 Å². The van der Waals surface area contributed by atoms with Crippen LogP contribution in [0, 0.1) is 0 Å². The molecular weight excluding hydrogens is 488 g/mol. The number of methoxy groups -OCH3 is 2. The van der Waals surface area contributed by atoms with Crippen LogP contribution in [0.3, 0.4) is 0 Å². The van der Waals surface area contributed by atoms with Crippen molar-refractivity contribution in [3.63, 3.8) is 0 Å². The van der Waals surface area contributed by atoms with E-state index in [2.05, 4.69) is 11.6 Å². The number of carbonyl (C=O) groups is 1. The lowest BCUT2D eigenvalue weighted by atomic mass is 9.96. The number of fused-ring (bicyclic) bond motifs is 1. The number of esters is 1. The molecule has 0 bridgehead atoms. The quantitative estimate of drug-likeness (QED) is 0.358. The monoisotopic (exact) mass is 510 g/mol. The molecule has 1 aromatic heterocycles. The summed E-state index contributed by atoms with van der Waals surface area (Å²) in [6, 6.07) is 11.7. The Morgan fingerprint density at radius 1 is 1.17 bits per heavy atom. The van der Waals surface area contributed by atoms with Crippen LogP contribution in [-0.2, 0) is 9.53 Å². The minimum atomic E-state index is -0.714. The minimum absolute atomic E-state index is 0.0483. The summed E-state index contributed by atoms with van der Waals surface area (Å²) in [5.41, 5.74) is 1.98. The third kappa shape index (κ3) is 4.80. The maximum Gasteiger partial charge on any atom is 0.338 e. The molecule has 3 aromatic rings. The molecule has 0 radical (unpaired) electrons. The van der Waals surface area contributed by atoms with Crippen LogP contribution in [0.5, 0.6) is 11.5 Å². The number of ether oxygens (including phenoxy) is 3. The largest absolute Gasteiger partial charge is 0.493 e. The van der Waals surface area contributed by atoms with Crippen LogP contribution in [0.1, 0.15) is 24.1 Å². The van der Waals surface area contributed by atoms with Gasteiger partial charge in [0.05, 0.1) is 36.1 Å². The summed E-state index contributed by atoms with van der Waals surface area (Å²) in [7, 11) is 3.11. The molecule has 7 nitrogen and oxygen atoms in total. The first-order valence-corrected chi connectivity index (χ1v) is 11.9. The molecule has 1 atom stereocenters.